The zero-order valence-electron chi connectivity index (χ0n) is 13.7. The number of hydrogen-bond donors (Lipinski definition) is 1. The van der Waals surface area contributed by atoms with E-state index >= 15 is 0 Å². The summed E-state index contributed by atoms with van der Waals surface area (Å²) in [6, 6.07) is 10.6. The molecule has 2 rings (SSSR count). The number of anilines is 1. The van der Waals surface area contributed by atoms with Crippen molar-refractivity contribution in [1.82, 2.24) is 10.3 Å². The molecule has 0 spiro atoms. The molecule has 0 aliphatic carbocycles. The number of aromatic nitrogens is 1. The van der Waals surface area contributed by atoms with Crippen LogP contribution in [0.15, 0.2) is 30.3 Å². The maximum absolute atomic E-state index is 4.79. The molecular weight excluding hydrogens is 258 g/mol. The first-order valence-electron chi connectivity index (χ1n) is 7.92. The normalized spacial score (nSPS) is 11.3. The van der Waals surface area contributed by atoms with Crippen LogP contribution in [0.2, 0.25) is 0 Å². The van der Waals surface area contributed by atoms with E-state index in [-0.39, 0.29) is 0 Å². The summed E-state index contributed by atoms with van der Waals surface area (Å²) < 4.78 is 0. The Kier molecular flexibility index (Phi) is 5.57. The molecule has 3 nitrogen and oxygen atoms in total. The molecule has 1 aromatic heterocycles. The van der Waals surface area contributed by atoms with Crippen molar-refractivity contribution in [2.45, 2.75) is 33.7 Å². The van der Waals surface area contributed by atoms with Crippen LogP contribution in [0.3, 0.4) is 0 Å². The Morgan fingerprint density at radius 3 is 2.71 bits per heavy atom. The number of hydrogen-bond acceptors (Lipinski definition) is 3. The Morgan fingerprint density at radius 1 is 1.24 bits per heavy atom. The van der Waals surface area contributed by atoms with Crippen LogP contribution in [0.1, 0.15) is 32.9 Å². The molecule has 21 heavy (non-hydrogen) atoms. The molecule has 0 saturated carbocycles. The minimum absolute atomic E-state index is 0.660. The van der Waals surface area contributed by atoms with E-state index in [9.17, 15) is 0 Å². The monoisotopic (exact) mass is 285 g/mol. The molecule has 0 saturated heterocycles. The molecule has 0 bridgehead atoms. The molecule has 2 aromatic rings. The molecule has 3 heteroatoms. The van der Waals surface area contributed by atoms with Crippen LogP contribution in [-0.2, 0) is 6.54 Å². The van der Waals surface area contributed by atoms with E-state index in [4.69, 9.17) is 4.98 Å². The minimum Gasteiger partial charge on any atom is -0.374 e. The number of rotatable bonds is 7. The van der Waals surface area contributed by atoms with Crippen LogP contribution < -0.4 is 10.2 Å². The van der Waals surface area contributed by atoms with Gasteiger partial charge < -0.3 is 10.2 Å². The van der Waals surface area contributed by atoms with Gasteiger partial charge in [-0.25, -0.2) is 0 Å². The summed E-state index contributed by atoms with van der Waals surface area (Å²) in [4.78, 5) is 7.12. The Labute approximate surface area is 128 Å². The number of nitrogens with one attached hydrogen (secondary N) is 1. The first kappa shape index (κ1) is 15.8. The van der Waals surface area contributed by atoms with Crippen molar-refractivity contribution in [3.05, 3.63) is 36.0 Å². The minimum atomic E-state index is 0.660. The Balaban J connectivity index is 2.30. The van der Waals surface area contributed by atoms with Gasteiger partial charge >= 0.3 is 0 Å². The maximum Gasteiger partial charge on any atom is 0.0726 e. The van der Waals surface area contributed by atoms with E-state index in [1.165, 1.54) is 11.1 Å². The molecule has 1 heterocycles. The number of para-hydroxylation sites is 1. The topological polar surface area (TPSA) is 28.2 Å². The van der Waals surface area contributed by atoms with Gasteiger partial charge in [-0.1, -0.05) is 39.0 Å². The van der Waals surface area contributed by atoms with Crippen LogP contribution in [0, 0.1) is 5.92 Å². The molecule has 0 amide bonds. The van der Waals surface area contributed by atoms with Crippen LogP contribution in [0.5, 0.6) is 0 Å². The van der Waals surface area contributed by atoms with Gasteiger partial charge in [0, 0.05) is 31.2 Å². The number of benzene rings is 1. The summed E-state index contributed by atoms with van der Waals surface area (Å²) in [6.07, 6.45) is 1.15. The van der Waals surface area contributed by atoms with Crippen molar-refractivity contribution in [1.29, 1.82) is 0 Å². The second-order valence-corrected chi connectivity index (χ2v) is 6.10. The van der Waals surface area contributed by atoms with E-state index < -0.39 is 0 Å². The smallest absolute Gasteiger partial charge is 0.0726 e. The van der Waals surface area contributed by atoms with Gasteiger partial charge in [0.15, 0.2) is 0 Å². The number of pyridine rings is 1. The first-order valence-corrected chi connectivity index (χ1v) is 7.92. The average molecular weight is 285 g/mol. The summed E-state index contributed by atoms with van der Waals surface area (Å²) in [7, 11) is 2.16. The third-order valence-electron chi connectivity index (χ3n) is 3.58. The fourth-order valence-corrected chi connectivity index (χ4v) is 2.56. The molecule has 1 N–H and O–H groups in total. The number of nitrogens with zero attached hydrogens (tertiary/aromatic N) is 2. The van der Waals surface area contributed by atoms with Crippen molar-refractivity contribution in [3.8, 4) is 0 Å². The fourth-order valence-electron chi connectivity index (χ4n) is 2.56. The second kappa shape index (κ2) is 7.41. The van der Waals surface area contributed by atoms with Gasteiger partial charge in [-0.05, 0) is 31.0 Å². The highest BCUT2D eigenvalue weighted by Crippen LogP contribution is 2.26. The molecule has 114 valence electrons. The maximum atomic E-state index is 4.79. The first-order chi connectivity index (χ1) is 10.1. The van der Waals surface area contributed by atoms with Crippen molar-refractivity contribution in [2.75, 3.05) is 25.0 Å². The lowest BCUT2D eigenvalue weighted by atomic mass is 10.1. The third kappa shape index (κ3) is 4.18. The zero-order valence-corrected chi connectivity index (χ0v) is 13.7. The highest BCUT2D eigenvalue weighted by atomic mass is 15.1. The zero-order chi connectivity index (χ0) is 15.2. The van der Waals surface area contributed by atoms with Crippen LogP contribution in [0.4, 0.5) is 5.69 Å². The third-order valence-corrected chi connectivity index (χ3v) is 3.58. The van der Waals surface area contributed by atoms with Gasteiger partial charge in [0.05, 0.1) is 11.2 Å². The highest BCUT2D eigenvalue weighted by molar-refractivity contribution is 5.91. The van der Waals surface area contributed by atoms with E-state index in [1.54, 1.807) is 0 Å². The fraction of sp³-hybridized carbons (Fsp3) is 0.500. The van der Waals surface area contributed by atoms with Crippen LogP contribution in [-0.4, -0.2) is 25.1 Å². The second-order valence-electron chi connectivity index (χ2n) is 6.10. The number of fused-ring (bicyclic) bond motifs is 1. The summed E-state index contributed by atoms with van der Waals surface area (Å²) in [5.41, 5.74) is 3.48. The van der Waals surface area contributed by atoms with E-state index in [0.29, 0.717) is 5.92 Å². The molecule has 1 aromatic carbocycles. The molecule has 0 radical (unpaired) electrons. The van der Waals surface area contributed by atoms with Crippen molar-refractivity contribution in [2.24, 2.45) is 5.92 Å². The Morgan fingerprint density at radius 2 is 2.00 bits per heavy atom. The van der Waals surface area contributed by atoms with Crippen molar-refractivity contribution in [3.63, 3.8) is 0 Å². The van der Waals surface area contributed by atoms with E-state index in [2.05, 4.69) is 68.4 Å². The molecular formula is C18H27N3. The molecule has 0 aliphatic heterocycles. The van der Waals surface area contributed by atoms with Gasteiger partial charge in [0.2, 0.25) is 0 Å². The molecule has 0 unspecified atom stereocenters. The predicted octanol–water partition coefficient (Wildman–Crippen LogP) is 3.83. The lowest BCUT2D eigenvalue weighted by Crippen LogP contribution is -2.21. The highest BCUT2D eigenvalue weighted by Gasteiger charge is 2.09. The van der Waals surface area contributed by atoms with E-state index in [1.807, 2.05) is 0 Å². The summed E-state index contributed by atoms with van der Waals surface area (Å²) >= 11 is 0. The lowest BCUT2D eigenvalue weighted by Gasteiger charge is -2.21. The Hall–Kier alpha value is -1.61. The van der Waals surface area contributed by atoms with Crippen molar-refractivity contribution < 1.29 is 0 Å². The van der Waals surface area contributed by atoms with E-state index in [0.717, 1.165) is 37.3 Å². The largest absolute Gasteiger partial charge is 0.374 e. The SMILES string of the molecule is CCCN(C)c1cc(CNCC(C)C)nc2ccccc12. The van der Waals surface area contributed by atoms with Gasteiger partial charge in [0.25, 0.3) is 0 Å². The Bertz CT molecular complexity index is 578. The van der Waals surface area contributed by atoms with Gasteiger partial charge in [-0.3, -0.25) is 4.98 Å². The summed E-state index contributed by atoms with van der Waals surface area (Å²) in [5, 5.41) is 4.72. The predicted molar refractivity (Wildman–Crippen MR) is 91.8 cm³/mol. The molecule has 0 aliphatic rings. The summed E-state index contributed by atoms with van der Waals surface area (Å²) in [6.45, 7) is 9.57. The van der Waals surface area contributed by atoms with Crippen molar-refractivity contribution >= 4 is 16.6 Å². The quantitative estimate of drug-likeness (QED) is 0.838. The molecule has 0 fully saturated rings. The van der Waals surface area contributed by atoms with Gasteiger partial charge in [0.1, 0.15) is 0 Å². The lowest BCUT2D eigenvalue weighted by molar-refractivity contribution is 0.549. The van der Waals surface area contributed by atoms with Gasteiger partial charge in [-0.2, -0.15) is 0 Å². The standard InChI is InChI=1S/C18H27N3/c1-5-10-21(4)18-11-15(13-19-12-14(2)3)20-17-9-7-6-8-16(17)18/h6-9,11,14,19H,5,10,12-13H2,1-4H3. The summed E-state index contributed by atoms with van der Waals surface area (Å²) in [5.74, 6) is 0.660. The van der Waals surface area contributed by atoms with Gasteiger partial charge in [-0.15, -0.1) is 0 Å². The van der Waals surface area contributed by atoms with Crippen LogP contribution >= 0.6 is 0 Å². The van der Waals surface area contributed by atoms with Crippen LogP contribution in [0.25, 0.3) is 10.9 Å². The molecule has 0 atom stereocenters. The average Bonchev–Trinajstić information content (AvgIpc) is 2.46.